The molecule has 3 aromatic rings. The Labute approximate surface area is 203 Å². The summed E-state index contributed by atoms with van der Waals surface area (Å²) < 4.78 is 11.6. The van der Waals surface area contributed by atoms with Crippen LogP contribution in [0.5, 0.6) is 5.75 Å². The summed E-state index contributed by atoms with van der Waals surface area (Å²) in [4.78, 5) is 23.4. The maximum Gasteiger partial charge on any atom is 0.248 e. The third-order valence-electron chi connectivity index (χ3n) is 5.35. The summed E-state index contributed by atoms with van der Waals surface area (Å²) in [5, 5.41) is 7.65. The summed E-state index contributed by atoms with van der Waals surface area (Å²) in [5.74, 6) is 0.894. The quantitative estimate of drug-likeness (QED) is 0.456. The molecule has 2 N–H and O–H groups in total. The molecule has 1 amide bonds. The van der Waals surface area contributed by atoms with Crippen LogP contribution in [0.4, 0.5) is 17.2 Å². The predicted molar refractivity (Wildman–Crippen MR) is 135 cm³/mol. The zero-order chi connectivity index (χ0) is 24.1. The van der Waals surface area contributed by atoms with E-state index in [2.05, 4.69) is 20.6 Å². The largest absolute Gasteiger partial charge is 0.486 e. The maximum absolute atomic E-state index is 12.6. The molecule has 34 heavy (non-hydrogen) atoms. The van der Waals surface area contributed by atoms with E-state index in [9.17, 15) is 4.79 Å². The van der Waals surface area contributed by atoms with Gasteiger partial charge < -0.3 is 25.0 Å². The fourth-order valence-electron chi connectivity index (χ4n) is 3.52. The van der Waals surface area contributed by atoms with Crippen molar-refractivity contribution in [2.24, 2.45) is 0 Å². The van der Waals surface area contributed by atoms with Gasteiger partial charge in [-0.25, -0.2) is 9.97 Å². The first kappa shape index (κ1) is 23.9. The molecule has 0 bridgehead atoms. The van der Waals surface area contributed by atoms with Crippen molar-refractivity contribution in [3.05, 3.63) is 59.4 Å². The number of nitrogens with one attached hydrogen (secondary N) is 2. The van der Waals surface area contributed by atoms with Gasteiger partial charge in [-0.3, -0.25) is 4.79 Å². The molecule has 0 radical (unpaired) electrons. The maximum atomic E-state index is 12.6. The lowest BCUT2D eigenvalue weighted by Gasteiger charge is -2.18. The second-order valence-electron chi connectivity index (χ2n) is 8.43. The van der Waals surface area contributed by atoms with Crippen molar-refractivity contribution in [2.75, 3.05) is 44.5 Å². The van der Waals surface area contributed by atoms with Crippen LogP contribution in [-0.4, -0.2) is 60.7 Å². The smallest absolute Gasteiger partial charge is 0.248 e. The predicted octanol–water partition coefficient (Wildman–Crippen LogP) is 4.56. The Balaban J connectivity index is 1.68. The SMILES string of the molecule is Cc1ccc(Nc2ncnc3cc(OC4CCOC4)c(NC(=O)/C=C/CN(C)C)cc23)cc1Cl. The number of benzene rings is 2. The van der Waals surface area contributed by atoms with Crippen molar-refractivity contribution >= 4 is 45.6 Å². The van der Waals surface area contributed by atoms with Crippen molar-refractivity contribution in [3.8, 4) is 5.75 Å². The van der Waals surface area contributed by atoms with E-state index in [1.165, 1.54) is 12.4 Å². The van der Waals surface area contributed by atoms with Gasteiger partial charge in [-0.05, 0) is 44.8 Å². The molecule has 1 fully saturated rings. The highest BCUT2D eigenvalue weighted by Gasteiger charge is 2.20. The summed E-state index contributed by atoms with van der Waals surface area (Å²) >= 11 is 6.29. The Morgan fingerprint density at radius 1 is 1.29 bits per heavy atom. The molecule has 0 spiro atoms. The standard InChI is InChI=1S/C25H28ClN5O3/c1-16-6-7-17(11-20(16)26)29-25-19-12-22(30-24(32)5-4-9-31(2)3)23(13-21(19)27-15-28-25)34-18-8-10-33-14-18/h4-7,11-13,15,18H,8-10,14H2,1-3H3,(H,30,32)(H,27,28,29)/b5-4+. The number of hydrogen-bond acceptors (Lipinski definition) is 7. The molecule has 4 rings (SSSR count). The third kappa shape index (κ3) is 6.02. The van der Waals surface area contributed by atoms with Crippen LogP contribution in [0.25, 0.3) is 10.9 Å². The number of aryl methyl sites for hydroxylation is 1. The van der Waals surface area contributed by atoms with Crippen molar-refractivity contribution in [2.45, 2.75) is 19.4 Å². The minimum absolute atomic E-state index is 0.0773. The van der Waals surface area contributed by atoms with Crippen LogP contribution < -0.4 is 15.4 Å². The van der Waals surface area contributed by atoms with Crippen LogP contribution in [-0.2, 0) is 9.53 Å². The molecule has 1 saturated heterocycles. The summed E-state index contributed by atoms with van der Waals surface area (Å²) in [6.07, 6.45) is 5.52. The Kier molecular flexibility index (Phi) is 7.62. The van der Waals surface area contributed by atoms with Gasteiger partial charge in [-0.1, -0.05) is 23.7 Å². The first-order valence-corrected chi connectivity index (χ1v) is 11.5. The van der Waals surface area contributed by atoms with E-state index in [-0.39, 0.29) is 12.0 Å². The number of likely N-dealkylation sites (N-methyl/N-ethyl adjacent to an activating group) is 1. The molecule has 8 nitrogen and oxygen atoms in total. The van der Waals surface area contributed by atoms with Crippen molar-refractivity contribution < 1.29 is 14.3 Å². The van der Waals surface area contributed by atoms with Crippen molar-refractivity contribution in [3.63, 3.8) is 0 Å². The molecule has 0 saturated carbocycles. The average Bonchev–Trinajstić information content (AvgIpc) is 3.30. The number of amides is 1. The van der Waals surface area contributed by atoms with Crippen molar-refractivity contribution in [1.29, 1.82) is 0 Å². The highest BCUT2D eigenvalue weighted by Crippen LogP contribution is 2.35. The molecule has 1 aliphatic heterocycles. The van der Waals surface area contributed by atoms with Gasteiger partial charge in [0, 0.05) is 41.2 Å². The lowest BCUT2D eigenvalue weighted by Crippen LogP contribution is -2.18. The second-order valence-corrected chi connectivity index (χ2v) is 8.84. The second kappa shape index (κ2) is 10.8. The van der Waals surface area contributed by atoms with Crippen LogP contribution in [0, 0.1) is 6.92 Å². The Hall–Kier alpha value is -3.20. The van der Waals surface area contributed by atoms with Gasteiger partial charge >= 0.3 is 0 Å². The highest BCUT2D eigenvalue weighted by atomic mass is 35.5. The summed E-state index contributed by atoms with van der Waals surface area (Å²) in [6.45, 7) is 3.78. The number of aromatic nitrogens is 2. The zero-order valence-corrected chi connectivity index (χ0v) is 20.2. The first-order valence-electron chi connectivity index (χ1n) is 11.1. The molecule has 1 aliphatic rings. The van der Waals surface area contributed by atoms with Crippen LogP contribution in [0.3, 0.4) is 0 Å². The van der Waals surface area contributed by atoms with E-state index in [0.717, 1.165) is 23.1 Å². The number of hydrogen-bond donors (Lipinski definition) is 2. The highest BCUT2D eigenvalue weighted by molar-refractivity contribution is 6.31. The molecule has 1 unspecified atom stereocenters. The number of carbonyl (C=O) groups is 1. The van der Waals surface area contributed by atoms with Crippen LogP contribution >= 0.6 is 11.6 Å². The van der Waals surface area contributed by atoms with E-state index >= 15 is 0 Å². The van der Waals surface area contributed by atoms with Gasteiger partial charge in [0.05, 0.1) is 24.4 Å². The van der Waals surface area contributed by atoms with E-state index < -0.39 is 0 Å². The Morgan fingerprint density at radius 3 is 2.88 bits per heavy atom. The number of fused-ring (bicyclic) bond motifs is 1. The van der Waals surface area contributed by atoms with Crippen LogP contribution in [0.15, 0.2) is 48.8 Å². The third-order valence-corrected chi connectivity index (χ3v) is 5.76. The van der Waals surface area contributed by atoms with E-state index in [1.807, 2.05) is 56.3 Å². The number of nitrogens with zero attached hydrogens (tertiary/aromatic N) is 3. The lowest BCUT2D eigenvalue weighted by molar-refractivity contribution is -0.111. The topological polar surface area (TPSA) is 88.6 Å². The molecule has 9 heteroatoms. The number of rotatable bonds is 8. The molecule has 2 heterocycles. The average molecular weight is 482 g/mol. The van der Waals surface area contributed by atoms with Gasteiger partial charge in [0.15, 0.2) is 0 Å². The summed E-state index contributed by atoms with van der Waals surface area (Å²) in [5.41, 5.74) is 3.02. The molecule has 178 valence electrons. The molecule has 1 atom stereocenters. The number of halogens is 1. The first-order chi connectivity index (χ1) is 16.4. The van der Waals surface area contributed by atoms with E-state index in [1.54, 1.807) is 6.08 Å². The van der Waals surface area contributed by atoms with Gasteiger partial charge in [-0.15, -0.1) is 0 Å². The fourth-order valence-corrected chi connectivity index (χ4v) is 3.70. The minimum Gasteiger partial charge on any atom is -0.486 e. The van der Waals surface area contributed by atoms with Crippen molar-refractivity contribution in [1.82, 2.24) is 14.9 Å². The number of carbonyl (C=O) groups excluding carboxylic acids is 1. The van der Waals surface area contributed by atoms with Gasteiger partial charge in [0.25, 0.3) is 0 Å². The van der Waals surface area contributed by atoms with Gasteiger partial charge in [-0.2, -0.15) is 0 Å². The molecule has 0 aliphatic carbocycles. The Morgan fingerprint density at radius 2 is 2.15 bits per heavy atom. The molecular formula is C25H28ClN5O3. The van der Waals surface area contributed by atoms with E-state index in [4.69, 9.17) is 21.1 Å². The zero-order valence-electron chi connectivity index (χ0n) is 19.5. The van der Waals surface area contributed by atoms with Gasteiger partial charge in [0.2, 0.25) is 5.91 Å². The fraction of sp³-hybridized carbons (Fsp3) is 0.320. The van der Waals surface area contributed by atoms with Gasteiger partial charge in [0.1, 0.15) is 24.0 Å². The Bertz CT molecular complexity index is 1210. The number of anilines is 3. The summed E-state index contributed by atoms with van der Waals surface area (Å²) in [7, 11) is 3.88. The molecule has 1 aromatic heterocycles. The molecule has 2 aromatic carbocycles. The van der Waals surface area contributed by atoms with Crippen LogP contribution in [0.1, 0.15) is 12.0 Å². The lowest BCUT2D eigenvalue weighted by atomic mass is 10.1. The minimum atomic E-state index is -0.245. The number of ether oxygens (including phenoxy) is 2. The summed E-state index contributed by atoms with van der Waals surface area (Å²) in [6, 6.07) is 9.37. The normalized spacial score (nSPS) is 15.9. The monoisotopic (exact) mass is 481 g/mol. The van der Waals surface area contributed by atoms with Crippen LogP contribution in [0.2, 0.25) is 5.02 Å². The molecular weight excluding hydrogens is 454 g/mol. The van der Waals surface area contributed by atoms with E-state index in [0.29, 0.717) is 47.6 Å².